The van der Waals surface area contributed by atoms with Crippen LogP contribution in [0, 0.1) is 0 Å². The summed E-state index contributed by atoms with van der Waals surface area (Å²) in [6.45, 7) is 4.18. The summed E-state index contributed by atoms with van der Waals surface area (Å²) < 4.78 is 10.7. The molecule has 0 aliphatic carbocycles. The number of amides is 3. The lowest BCUT2D eigenvalue weighted by Crippen LogP contribution is -2.52. The van der Waals surface area contributed by atoms with Crippen LogP contribution in [0.2, 0.25) is 0 Å². The summed E-state index contributed by atoms with van der Waals surface area (Å²) in [5.41, 5.74) is 7.80. The normalized spacial score (nSPS) is 18.9. The van der Waals surface area contributed by atoms with Gasteiger partial charge in [0, 0.05) is 38.2 Å². The van der Waals surface area contributed by atoms with Crippen molar-refractivity contribution >= 4 is 17.7 Å². The quantitative estimate of drug-likeness (QED) is 0.337. The highest BCUT2D eigenvalue weighted by Crippen LogP contribution is 2.29. The van der Waals surface area contributed by atoms with Crippen molar-refractivity contribution in [3.05, 3.63) is 34.9 Å². The minimum atomic E-state index is -0.594. The molecule has 1 unspecified atom stereocenters. The summed E-state index contributed by atoms with van der Waals surface area (Å²) in [6.07, 6.45) is 0.618. The molecule has 0 bridgehead atoms. The first-order valence-electron chi connectivity index (χ1n) is 9.93. The number of hydrogen-bond donors (Lipinski definition) is 3. The highest BCUT2D eigenvalue weighted by atomic mass is 16.5. The predicted octanol–water partition coefficient (Wildman–Crippen LogP) is -0.471. The molecule has 1 aromatic rings. The Morgan fingerprint density at radius 2 is 1.93 bits per heavy atom. The third-order valence-electron chi connectivity index (χ3n) is 5.01. The molecule has 1 fully saturated rings. The van der Waals surface area contributed by atoms with Crippen molar-refractivity contribution in [2.45, 2.75) is 32.0 Å². The third kappa shape index (κ3) is 5.39. The molecule has 4 N–H and O–H groups in total. The summed E-state index contributed by atoms with van der Waals surface area (Å²) in [5.74, 6) is -0.830. The van der Waals surface area contributed by atoms with Gasteiger partial charge < -0.3 is 25.4 Å². The van der Waals surface area contributed by atoms with Crippen LogP contribution in [0.5, 0.6) is 0 Å². The van der Waals surface area contributed by atoms with Gasteiger partial charge in [-0.05, 0) is 17.5 Å². The Bertz CT molecular complexity index is 754. The van der Waals surface area contributed by atoms with Gasteiger partial charge in [-0.25, -0.2) is 0 Å². The van der Waals surface area contributed by atoms with Gasteiger partial charge >= 0.3 is 0 Å². The van der Waals surface area contributed by atoms with Crippen LogP contribution in [0.4, 0.5) is 0 Å². The average Bonchev–Trinajstić information content (AvgIpc) is 3.04. The maximum atomic E-state index is 13.0. The van der Waals surface area contributed by atoms with E-state index in [2.05, 4.69) is 10.6 Å². The minimum absolute atomic E-state index is 0.153. The number of nitrogens with two attached hydrogens (primary N) is 1. The lowest BCUT2D eigenvalue weighted by molar-refractivity contribution is -0.136. The number of piperidine rings is 1. The average molecular weight is 404 g/mol. The molecule has 2 heterocycles. The Morgan fingerprint density at radius 3 is 2.69 bits per heavy atom. The van der Waals surface area contributed by atoms with E-state index in [9.17, 15) is 14.4 Å². The number of rotatable bonds is 11. The van der Waals surface area contributed by atoms with Crippen LogP contribution in [0.3, 0.4) is 0 Å². The number of carbonyl (C=O) groups is 3. The zero-order valence-electron chi connectivity index (χ0n) is 16.4. The van der Waals surface area contributed by atoms with Crippen molar-refractivity contribution < 1.29 is 23.9 Å². The fraction of sp³-hybridized carbons (Fsp3) is 0.550. The maximum Gasteiger partial charge on any atom is 0.255 e. The van der Waals surface area contributed by atoms with E-state index in [0.717, 1.165) is 11.1 Å². The molecule has 0 saturated carbocycles. The smallest absolute Gasteiger partial charge is 0.255 e. The second-order valence-corrected chi connectivity index (χ2v) is 7.04. The second kappa shape index (κ2) is 10.4. The van der Waals surface area contributed by atoms with Crippen LogP contribution in [0.1, 0.15) is 34.3 Å². The number of fused-ring (bicyclic) bond motifs is 1. The second-order valence-electron chi connectivity index (χ2n) is 7.04. The molecule has 158 valence electrons. The van der Waals surface area contributed by atoms with Gasteiger partial charge in [0.15, 0.2) is 0 Å². The van der Waals surface area contributed by atoms with E-state index in [1.54, 1.807) is 4.90 Å². The number of nitrogens with one attached hydrogen (secondary N) is 2. The van der Waals surface area contributed by atoms with E-state index < -0.39 is 11.9 Å². The van der Waals surface area contributed by atoms with E-state index in [4.69, 9.17) is 15.2 Å². The molecule has 1 saturated heterocycles. The first-order valence-corrected chi connectivity index (χ1v) is 9.93. The van der Waals surface area contributed by atoms with Crippen LogP contribution in [0.25, 0.3) is 0 Å². The SMILES string of the molecule is NCCOCCOCCNCc1cccc2c1C(=O)N(C1CCC(=O)NC1=O)C2. The van der Waals surface area contributed by atoms with Crippen molar-refractivity contribution in [3.63, 3.8) is 0 Å². The molecule has 29 heavy (non-hydrogen) atoms. The minimum Gasteiger partial charge on any atom is -0.378 e. The van der Waals surface area contributed by atoms with Crippen LogP contribution in [-0.4, -0.2) is 68.2 Å². The standard InChI is InChI=1S/C20H28N4O5/c21-6-8-28-10-11-29-9-7-22-12-14-2-1-3-15-13-24(20(27)18(14)15)16-4-5-17(25)23-19(16)26/h1-3,16,22H,4-13,21H2,(H,23,25,26). The van der Waals surface area contributed by atoms with E-state index in [-0.39, 0.29) is 18.2 Å². The van der Waals surface area contributed by atoms with E-state index in [1.807, 2.05) is 18.2 Å². The Kier molecular flexibility index (Phi) is 7.70. The Morgan fingerprint density at radius 1 is 1.14 bits per heavy atom. The molecule has 1 atom stereocenters. The van der Waals surface area contributed by atoms with Gasteiger partial charge in [0.2, 0.25) is 11.8 Å². The summed E-state index contributed by atoms with van der Waals surface area (Å²) in [4.78, 5) is 38.1. The molecule has 9 nitrogen and oxygen atoms in total. The van der Waals surface area contributed by atoms with Crippen molar-refractivity contribution in [1.82, 2.24) is 15.5 Å². The van der Waals surface area contributed by atoms with Crippen LogP contribution in [0.15, 0.2) is 18.2 Å². The van der Waals surface area contributed by atoms with Gasteiger partial charge in [0.1, 0.15) is 6.04 Å². The Balaban J connectivity index is 1.49. The zero-order chi connectivity index (χ0) is 20.6. The van der Waals surface area contributed by atoms with Gasteiger partial charge in [0.25, 0.3) is 5.91 Å². The van der Waals surface area contributed by atoms with E-state index in [1.165, 1.54) is 0 Å². The molecular weight excluding hydrogens is 376 g/mol. The number of hydrogen-bond acceptors (Lipinski definition) is 7. The lowest BCUT2D eigenvalue weighted by atomic mass is 10.0. The summed E-state index contributed by atoms with van der Waals surface area (Å²) in [7, 11) is 0. The first-order chi connectivity index (χ1) is 14.1. The van der Waals surface area contributed by atoms with Crippen molar-refractivity contribution in [2.24, 2.45) is 5.73 Å². The molecule has 3 amide bonds. The molecule has 9 heteroatoms. The van der Waals surface area contributed by atoms with Gasteiger partial charge in [-0.2, -0.15) is 0 Å². The first kappa shape index (κ1) is 21.4. The highest BCUT2D eigenvalue weighted by Gasteiger charge is 2.39. The summed E-state index contributed by atoms with van der Waals surface area (Å²) in [6, 6.07) is 5.15. The van der Waals surface area contributed by atoms with E-state index in [0.29, 0.717) is 64.6 Å². The largest absolute Gasteiger partial charge is 0.378 e. The van der Waals surface area contributed by atoms with Crippen LogP contribution in [-0.2, 0) is 32.2 Å². The fourth-order valence-corrected chi connectivity index (χ4v) is 3.61. The Labute approximate surface area is 169 Å². The molecule has 0 spiro atoms. The lowest BCUT2D eigenvalue weighted by Gasteiger charge is -2.29. The van der Waals surface area contributed by atoms with Crippen molar-refractivity contribution in [1.29, 1.82) is 0 Å². The molecule has 3 rings (SSSR count). The summed E-state index contributed by atoms with van der Waals surface area (Å²) >= 11 is 0. The van der Waals surface area contributed by atoms with Gasteiger partial charge in [-0.1, -0.05) is 18.2 Å². The third-order valence-corrected chi connectivity index (χ3v) is 5.01. The van der Waals surface area contributed by atoms with Crippen LogP contribution < -0.4 is 16.4 Å². The molecule has 0 radical (unpaired) electrons. The molecule has 2 aliphatic rings. The number of ether oxygens (including phenoxy) is 2. The van der Waals surface area contributed by atoms with Gasteiger partial charge in [0.05, 0.1) is 26.4 Å². The van der Waals surface area contributed by atoms with Gasteiger partial charge in [-0.15, -0.1) is 0 Å². The Hall–Kier alpha value is -2.33. The van der Waals surface area contributed by atoms with E-state index >= 15 is 0 Å². The van der Waals surface area contributed by atoms with Gasteiger partial charge in [-0.3, -0.25) is 19.7 Å². The number of benzene rings is 1. The summed E-state index contributed by atoms with van der Waals surface area (Å²) in [5, 5.41) is 5.61. The fourth-order valence-electron chi connectivity index (χ4n) is 3.61. The topological polar surface area (TPSA) is 123 Å². The monoisotopic (exact) mass is 404 g/mol. The van der Waals surface area contributed by atoms with Crippen molar-refractivity contribution in [2.75, 3.05) is 39.5 Å². The number of imide groups is 1. The van der Waals surface area contributed by atoms with Crippen molar-refractivity contribution in [3.8, 4) is 0 Å². The number of nitrogens with zero attached hydrogens (tertiary/aromatic N) is 1. The predicted molar refractivity (Wildman–Crippen MR) is 105 cm³/mol. The zero-order valence-corrected chi connectivity index (χ0v) is 16.4. The molecule has 2 aliphatic heterocycles. The maximum absolute atomic E-state index is 13.0. The highest BCUT2D eigenvalue weighted by molar-refractivity contribution is 6.05. The number of carbonyl (C=O) groups excluding carboxylic acids is 3. The molecule has 0 aromatic heterocycles. The molecular formula is C20H28N4O5. The molecule has 1 aromatic carbocycles. The van der Waals surface area contributed by atoms with Crippen LogP contribution >= 0.6 is 0 Å².